The third-order valence-corrected chi connectivity index (χ3v) is 1.70. The van der Waals surface area contributed by atoms with Gasteiger partial charge in [-0.3, -0.25) is 0 Å². The summed E-state index contributed by atoms with van der Waals surface area (Å²) in [6.07, 6.45) is 1.57. The zero-order chi connectivity index (χ0) is 13.9. The summed E-state index contributed by atoms with van der Waals surface area (Å²) in [7, 11) is 0. The van der Waals surface area contributed by atoms with Crippen LogP contribution < -0.4 is 0 Å². The molecular weight excluding hydrogens is 242 g/mol. The molecule has 1 rings (SSSR count). The van der Waals surface area contributed by atoms with Crippen LogP contribution in [0, 0.1) is 0 Å². The highest BCUT2D eigenvalue weighted by atomic mass is 35.5. The summed E-state index contributed by atoms with van der Waals surface area (Å²) in [5, 5.41) is 0. The van der Waals surface area contributed by atoms with Gasteiger partial charge in [-0.2, -0.15) is 0 Å². The summed E-state index contributed by atoms with van der Waals surface area (Å²) < 4.78 is 5.13. The van der Waals surface area contributed by atoms with Gasteiger partial charge < -0.3 is 14.4 Å². The summed E-state index contributed by atoms with van der Waals surface area (Å²) >= 11 is 4.82. The Morgan fingerprint density at radius 2 is 1.76 bits per heavy atom. The van der Waals surface area contributed by atoms with E-state index in [1.54, 1.807) is 4.90 Å². The Bertz CT molecular complexity index is 210. The Kier molecular flexibility index (Phi) is 11.4. The molecule has 4 nitrogen and oxygen atoms in total. The number of nitrogens with zero attached hydrogens (tertiary/aromatic N) is 1. The van der Waals surface area contributed by atoms with E-state index in [0.717, 1.165) is 19.5 Å². The quantitative estimate of drug-likeness (QED) is 0.541. The smallest absolute Gasteiger partial charge is 0.410 e. The molecule has 0 aromatic rings. The van der Waals surface area contributed by atoms with E-state index in [0.29, 0.717) is 6.29 Å². The lowest BCUT2D eigenvalue weighted by atomic mass is 10.2. The van der Waals surface area contributed by atoms with Gasteiger partial charge >= 0.3 is 6.09 Å². The molecule has 0 N–H and O–H groups in total. The molecule has 1 aliphatic rings. The first-order chi connectivity index (χ1) is 7.90. The minimum Gasteiger partial charge on any atom is -0.444 e. The minimum absolute atomic E-state index is 0.111. The lowest BCUT2D eigenvalue weighted by Gasteiger charge is -2.32. The normalized spacial score (nSPS) is 13.2. The fourth-order valence-corrected chi connectivity index (χ4v) is 0.825. The van der Waals surface area contributed by atoms with Crippen molar-refractivity contribution >= 4 is 24.0 Å². The van der Waals surface area contributed by atoms with Crippen molar-refractivity contribution < 1.29 is 14.3 Å². The van der Waals surface area contributed by atoms with Gasteiger partial charge in [-0.05, 0) is 27.2 Å². The summed E-state index contributed by atoms with van der Waals surface area (Å²) in [4.78, 5) is 21.9. The lowest BCUT2D eigenvalue weighted by molar-refractivity contribution is -0.105. The Labute approximate surface area is 109 Å². The van der Waals surface area contributed by atoms with E-state index in [9.17, 15) is 4.79 Å². The number of hydrogen-bond acceptors (Lipinski definition) is 3. The van der Waals surface area contributed by atoms with E-state index < -0.39 is 0 Å². The molecule has 0 bridgehead atoms. The van der Waals surface area contributed by atoms with Gasteiger partial charge in [0.2, 0.25) is 0 Å². The molecule has 102 valence electrons. The summed E-state index contributed by atoms with van der Waals surface area (Å²) in [5.74, 6) is 0.111. The molecule has 0 atom stereocenters. The molecule has 1 saturated heterocycles. The fraction of sp³-hybridized carbons (Fsp3) is 0.833. The highest BCUT2D eigenvalue weighted by Gasteiger charge is 2.25. The van der Waals surface area contributed by atoms with Crippen LogP contribution in [0.4, 0.5) is 4.79 Å². The maximum absolute atomic E-state index is 11.1. The first kappa shape index (κ1) is 18.6. The predicted octanol–water partition coefficient (Wildman–Crippen LogP) is 3.08. The van der Waals surface area contributed by atoms with Gasteiger partial charge in [0.25, 0.3) is 0 Å². The van der Waals surface area contributed by atoms with Gasteiger partial charge in [0.05, 0.1) is 5.88 Å². The number of alkyl halides is 1. The first-order valence-corrected chi connectivity index (χ1v) is 6.41. The van der Waals surface area contributed by atoms with Crippen LogP contribution in [0.15, 0.2) is 0 Å². The van der Waals surface area contributed by atoms with Crippen molar-refractivity contribution in [2.75, 3.05) is 19.0 Å². The molecule has 0 aromatic heterocycles. The van der Waals surface area contributed by atoms with Crippen molar-refractivity contribution in [1.82, 2.24) is 4.90 Å². The highest BCUT2D eigenvalue weighted by Crippen LogP contribution is 2.13. The number of ether oxygens (including phenoxy) is 1. The Balaban J connectivity index is 0. The van der Waals surface area contributed by atoms with Crippen molar-refractivity contribution in [2.24, 2.45) is 0 Å². The molecule has 0 spiro atoms. The second-order valence-corrected chi connectivity index (χ2v) is 4.45. The number of carbonyl (C=O) groups excluding carboxylic acids is 2. The fourth-order valence-electron chi connectivity index (χ4n) is 0.825. The molecular formula is C12H24ClNO3. The Morgan fingerprint density at radius 3 is 1.94 bits per heavy atom. The number of carbonyl (C=O) groups is 2. The highest BCUT2D eigenvalue weighted by molar-refractivity contribution is 6.24. The molecule has 0 aliphatic carbocycles. The molecule has 1 amide bonds. The van der Waals surface area contributed by atoms with Gasteiger partial charge in [-0.1, -0.05) is 13.8 Å². The molecule has 1 fully saturated rings. The average molecular weight is 266 g/mol. The minimum atomic E-state index is -0.354. The Morgan fingerprint density at radius 1 is 1.35 bits per heavy atom. The molecule has 1 aliphatic heterocycles. The standard InChI is InChI=1S/C8H15NO2.C2H3ClO.C2H6/c1-8(2,3)11-7(10)9-5-4-6-9;3-1-2-4;1-2/h4-6H2,1-3H3;2H,1H2;1-2H3. The predicted molar refractivity (Wildman–Crippen MR) is 70.6 cm³/mol. The van der Waals surface area contributed by atoms with Crippen LogP contribution in [0.2, 0.25) is 0 Å². The van der Waals surface area contributed by atoms with Gasteiger partial charge in [-0.25, -0.2) is 4.79 Å². The first-order valence-electron chi connectivity index (χ1n) is 5.88. The van der Waals surface area contributed by atoms with Crippen molar-refractivity contribution in [2.45, 2.75) is 46.6 Å². The topological polar surface area (TPSA) is 46.6 Å². The molecule has 17 heavy (non-hydrogen) atoms. The van der Waals surface area contributed by atoms with Crippen molar-refractivity contribution in [3.05, 3.63) is 0 Å². The number of likely N-dealkylation sites (tertiary alicyclic amines) is 1. The lowest BCUT2D eigenvalue weighted by Crippen LogP contribution is -2.44. The van der Waals surface area contributed by atoms with Gasteiger partial charge in [0, 0.05) is 13.1 Å². The van der Waals surface area contributed by atoms with Crippen molar-refractivity contribution in [3.63, 3.8) is 0 Å². The molecule has 0 radical (unpaired) electrons. The summed E-state index contributed by atoms with van der Waals surface area (Å²) in [6, 6.07) is 0. The zero-order valence-corrected chi connectivity index (χ0v) is 12.2. The number of amides is 1. The summed E-state index contributed by atoms with van der Waals surface area (Å²) in [6.45, 7) is 11.4. The summed E-state index contributed by atoms with van der Waals surface area (Å²) in [5.41, 5.74) is -0.354. The van der Waals surface area contributed by atoms with Crippen LogP contribution in [-0.2, 0) is 9.53 Å². The SMILES string of the molecule is CC.CC(C)(C)OC(=O)N1CCC1.O=CCCl. The number of hydrogen-bond donors (Lipinski definition) is 0. The van der Waals surface area contributed by atoms with Crippen molar-refractivity contribution in [1.29, 1.82) is 0 Å². The molecule has 0 unspecified atom stereocenters. The maximum Gasteiger partial charge on any atom is 0.410 e. The van der Waals surface area contributed by atoms with Gasteiger partial charge in [0.15, 0.2) is 0 Å². The van der Waals surface area contributed by atoms with E-state index in [4.69, 9.17) is 21.1 Å². The average Bonchev–Trinajstić information content (AvgIpc) is 2.16. The van der Waals surface area contributed by atoms with E-state index in [-0.39, 0.29) is 17.6 Å². The van der Waals surface area contributed by atoms with Crippen LogP contribution in [0.3, 0.4) is 0 Å². The van der Waals surface area contributed by atoms with E-state index in [2.05, 4.69) is 0 Å². The van der Waals surface area contributed by atoms with Crippen LogP contribution in [-0.4, -0.2) is 41.8 Å². The third kappa shape index (κ3) is 11.5. The Hall–Kier alpha value is -0.770. The second-order valence-electron chi connectivity index (χ2n) is 4.14. The number of halogens is 1. The molecule has 5 heteroatoms. The zero-order valence-electron chi connectivity index (χ0n) is 11.5. The number of aldehydes is 1. The second kappa shape index (κ2) is 10.4. The van der Waals surface area contributed by atoms with Gasteiger partial charge in [-0.15, -0.1) is 11.6 Å². The monoisotopic (exact) mass is 265 g/mol. The molecule has 0 saturated carbocycles. The van der Waals surface area contributed by atoms with E-state index in [1.807, 2.05) is 34.6 Å². The van der Waals surface area contributed by atoms with Crippen LogP contribution in [0.5, 0.6) is 0 Å². The molecule has 0 aromatic carbocycles. The maximum atomic E-state index is 11.1. The van der Waals surface area contributed by atoms with E-state index >= 15 is 0 Å². The van der Waals surface area contributed by atoms with E-state index in [1.165, 1.54) is 0 Å². The van der Waals surface area contributed by atoms with Crippen LogP contribution in [0.25, 0.3) is 0 Å². The number of rotatable bonds is 1. The van der Waals surface area contributed by atoms with Gasteiger partial charge in [0.1, 0.15) is 11.9 Å². The third-order valence-electron chi connectivity index (χ3n) is 1.57. The van der Waals surface area contributed by atoms with Crippen molar-refractivity contribution in [3.8, 4) is 0 Å². The van der Waals surface area contributed by atoms with Crippen LogP contribution in [0.1, 0.15) is 41.0 Å². The van der Waals surface area contributed by atoms with Crippen LogP contribution >= 0.6 is 11.6 Å². The largest absolute Gasteiger partial charge is 0.444 e. The molecule has 1 heterocycles.